The van der Waals surface area contributed by atoms with Crippen LogP contribution >= 0.6 is 0 Å². The van der Waals surface area contributed by atoms with Crippen molar-refractivity contribution in [2.24, 2.45) is 0 Å². The number of nitrogens with zero attached hydrogens (tertiary/aromatic N) is 5. The molecule has 6 rings (SSSR count). The van der Waals surface area contributed by atoms with Crippen LogP contribution in [0.3, 0.4) is 0 Å². The Morgan fingerprint density at radius 3 is 2.72 bits per heavy atom. The average Bonchev–Trinajstić information content (AvgIpc) is 3.56. The first-order chi connectivity index (χ1) is 15.7. The Morgan fingerprint density at radius 1 is 1.09 bits per heavy atom. The largest absolute Gasteiger partial charge is 0.368 e. The number of carbonyl (C=O) groups excluding carboxylic acids is 1. The Morgan fingerprint density at radius 2 is 1.91 bits per heavy atom. The second kappa shape index (κ2) is 7.60. The molecule has 32 heavy (non-hydrogen) atoms. The van der Waals surface area contributed by atoms with Gasteiger partial charge in [-0.15, -0.1) is 0 Å². The standard InChI is InChI=1S/C25H26N6O/c1-17-15-31-23(25(27-17)18-5-6-18)14-22(28-31)19-3-2-4-20-7-8-21(16-30(20)24(32)13-19)29-11-9-26-10-12-29/h2-4,7-8,13-16,18,26H,5-6,9-12H2,1H3/b3-2?,19-13?,20-4+. The van der Waals surface area contributed by atoms with Gasteiger partial charge in [-0.1, -0.05) is 12.2 Å². The molecule has 0 aromatic carbocycles. The highest BCUT2D eigenvalue weighted by atomic mass is 16.2. The van der Waals surface area contributed by atoms with Crippen LogP contribution in [-0.4, -0.2) is 56.5 Å². The van der Waals surface area contributed by atoms with E-state index in [1.165, 1.54) is 12.8 Å². The summed E-state index contributed by atoms with van der Waals surface area (Å²) in [6, 6.07) is 2.06. The summed E-state index contributed by atoms with van der Waals surface area (Å²) >= 11 is 0. The molecular formula is C25H26N6O. The van der Waals surface area contributed by atoms with Gasteiger partial charge in [0.05, 0.1) is 34.5 Å². The normalized spacial score (nSPS) is 22.8. The molecular weight excluding hydrogens is 400 g/mol. The van der Waals surface area contributed by atoms with Crippen LogP contribution in [0.25, 0.3) is 11.1 Å². The first kappa shape index (κ1) is 19.3. The zero-order valence-corrected chi connectivity index (χ0v) is 18.2. The first-order valence-electron chi connectivity index (χ1n) is 11.3. The van der Waals surface area contributed by atoms with Crippen molar-refractivity contribution in [1.29, 1.82) is 0 Å². The molecule has 0 spiro atoms. The van der Waals surface area contributed by atoms with Crippen molar-refractivity contribution in [3.8, 4) is 0 Å². The lowest BCUT2D eigenvalue weighted by molar-refractivity contribution is -0.122. The van der Waals surface area contributed by atoms with Crippen LogP contribution < -0.4 is 5.32 Å². The van der Waals surface area contributed by atoms with E-state index in [0.717, 1.165) is 65.7 Å². The molecule has 1 N–H and O–H groups in total. The van der Waals surface area contributed by atoms with E-state index in [1.54, 1.807) is 11.0 Å². The lowest BCUT2D eigenvalue weighted by Crippen LogP contribution is -2.43. The van der Waals surface area contributed by atoms with Gasteiger partial charge in [0.25, 0.3) is 5.91 Å². The number of aromatic nitrogens is 3. The van der Waals surface area contributed by atoms with E-state index in [0.29, 0.717) is 5.92 Å². The Balaban J connectivity index is 1.36. The lowest BCUT2D eigenvalue weighted by Gasteiger charge is -2.33. The summed E-state index contributed by atoms with van der Waals surface area (Å²) in [7, 11) is 0. The summed E-state index contributed by atoms with van der Waals surface area (Å²) in [5, 5.41) is 8.16. The summed E-state index contributed by atoms with van der Waals surface area (Å²) < 4.78 is 1.91. The van der Waals surface area contributed by atoms with Crippen molar-refractivity contribution in [3.05, 3.63) is 83.4 Å². The molecule has 162 valence electrons. The van der Waals surface area contributed by atoms with Gasteiger partial charge in [-0.05, 0) is 44.1 Å². The van der Waals surface area contributed by atoms with E-state index >= 15 is 0 Å². The fourth-order valence-electron chi connectivity index (χ4n) is 4.53. The molecule has 0 atom stereocenters. The third-order valence-electron chi connectivity index (χ3n) is 6.37. The van der Waals surface area contributed by atoms with E-state index in [-0.39, 0.29) is 5.91 Å². The summed E-state index contributed by atoms with van der Waals surface area (Å²) in [5.74, 6) is 0.464. The number of hydrogen-bond acceptors (Lipinski definition) is 5. The quantitative estimate of drug-likeness (QED) is 0.818. The van der Waals surface area contributed by atoms with Crippen LogP contribution in [0, 0.1) is 6.92 Å². The van der Waals surface area contributed by atoms with Gasteiger partial charge in [0.15, 0.2) is 0 Å². The minimum Gasteiger partial charge on any atom is -0.368 e. The first-order valence-corrected chi connectivity index (χ1v) is 11.3. The predicted octanol–water partition coefficient (Wildman–Crippen LogP) is 2.90. The molecule has 5 heterocycles. The molecule has 1 amide bonds. The lowest BCUT2D eigenvalue weighted by atomic mass is 10.1. The maximum absolute atomic E-state index is 13.3. The third kappa shape index (κ3) is 3.48. The van der Waals surface area contributed by atoms with Gasteiger partial charge in [-0.3, -0.25) is 14.7 Å². The predicted molar refractivity (Wildman–Crippen MR) is 123 cm³/mol. The maximum Gasteiger partial charge on any atom is 0.255 e. The van der Waals surface area contributed by atoms with Crippen LogP contribution in [0.5, 0.6) is 0 Å². The molecule has 2 aromatic rings. The molecule has 1 aliphatic carbocycles. The number of aryl methyl sites for hydroxylation is 1. The highest BCUT2D eigenvalue weighted by molar-refractivity contribution is 5.99. The third-order valence-corrected chi connectivity index (χ3v) is 6.37. The van der Waals surface area contributed by atoms with Crippen LogP contribution in [0.15, 0.2) is 66.3 Å². The topological polar surface area (TPSA) is 65.8 Å². The Bertz CT molecular complexity index is 1250. The number of piperazine rings is 1. The maximum atomic E-state index is 13.3. The van der Waals surface area contributed by atoms with Crippen molar-refractivity contribution in [2.75, 3.05) is 26.2 Å². The molecule has 0 bridgehead atoms. The molecule has 2 aromatic heterocycles. The summed E-state index contributed by atoms with van der Waals surface area (Å²) in [4.78, 5) is 22.1. The number of fused-ring (bicyclic) bond motifs is 2. The second-order valence-corrected chi connectivity index (χ2v) is 8.78. The van der Waals surface area contributed by atoms with Crippen molar-refractivity contribution >= 4 is 17.0 Å². The van der Waals surface area contributed by atoms with Crippen LogP contribution in [-0.2, 0) is 4.79 Å². The number of allylic oxidation sites excluding steroid dienone is 6. The van der Waals surface area contributed by atoms with Gasteiger partial charge in [0.2, 0.25) is 0 Å². The van der Waals surface area contributed by atoms with Gasteiger partial charge in [0, 0.05) is 55.6 Å². The Hall–Kier alpha value is -3.45. The van der Waals surface area contributed by atoms with Crippen molar-refractivity contribution < 1.29 is 4.79 Å². The molecule has 2 fully saturated rings. The second-order valence-electron chi connectivity index (χ2n) is 8.78. The smallest absolute Gasteiger partial charge is 0.255 e. The molecule has 4 aliphatic rings. The van der Waals surface area contributed by atoms with E-state index in [9.17, 15) is 4.79 Å². The molecule has 0 radical (unpaired) electrons. The summed E-state index contributed by atoms with van der Waals surface area (Å²) in [6.45, 7) is 5.80. The van der Waals surface area contributed by atoms with E-state index < -0.39 is 0 Å². The van der Waals surface area contributed by atoms with Crippen molar-refractivity contribution in [3.63, 3.8) is 0 Å². The van der Waals surface area contributed by atoms with Gasteiger partial charge >= 0.3 is 0 Å². The molecule has 1 saturated carbocycles. The van der Waals surface area contributed by atoms with Crippen molar-refractivity contribution in [2.45, 2.75) is 25.7 Å². The van der Waals surface area contributed by atoms with Gasteiger partial charge in [0.1, 0.15) is 0 Å². The number of nitrogens with one attached hydrogen (secondary N) is 1. The van der Waals surface area contributed by atoms with E-state index in [1.807, 2.05) is 48.1 Å². The highest BCUT2D eigenvalue weighted by Crippen LogP contribution is 2.41. The van der Waals surface area contributed by atoms with Crippen LogP contribution in [0.2, 0.25) is 0 Å². The molecule has 1 saturated heterocycles. The van der Waals surface area contributed by atoms with Crippen LogP contribution in [0.1, 0.15) is 35.8 Å². The zero-order valence-electron chi connectivity index (χ0n) is 18.2. The summed E-state index contributed by atoms with van der Waals surface area (Å²) in [6.07, 6.45) is 18.0. The Kier molecular flexibility index (Phi) is 4.57. The fraction of sp³-hybridized carbons (Fsp3) is 0.320. The number of carbonyl (C=O) groups is 1. The molecule has 0 unspecified atom stereocenters. The van der Waals surface area contributed by atoms with Crippen molar-refractivity contribution in [1.82, 2.24) is 29.7 Å². The minimum atomic E-state index is -0.0682. The van der Waals surface area contributed by atoms with Gasteiger partial charge in [-0.25, -0.2) is 4.52 Å². The van der Waals surface area contributed by atoms with Gasteiger partial charge < -0.3 is 10.2 Å². The number of rotatable bonds is 3. The minimum absolute atomic E-state index is 0.0682. The highest BCUT2D eigenvalue weighted by Gasteiger charge is 2.28. The zero-order chi connectivity index (χ0) is 21.7. The Labute approximate surface area is 187 Å². The van der Waals surface area contributed by atoms with Crippen LogP contribution in [0.4, 0.5) is 0 Å². The molecule has 7 nitrogen and oxygen atoms in total. The number of amides is 1. The monoisotopic (exact) mass is 426 g/mol. The summed E-state index contributed by atoms with van der Waals surface area (Å²) in [5.41, 5.74) is 6.66. The average molecular weight is 427 g/mol. The fourth-order valence-corrected chi connectivity index (χ4v) is 4.53. The SMILES string of the molecule is Cc1cn2nc(C3=CC(=O)N4C=C(N5CCNCC5)C=C/C4=C\C=C3)cc2c(C2CC2)n1. The number of hydrogen-bond donors (Lipinski definition) is 1. The molecule has 7 heteroatoms. The van der Waals surface area contributed by atoms with Gasteiger partial charge in [-0.2, -0.15) is 5.10 Å². The van der Waals surface area contributed by atoms with E-state index in [4.69, 9.17) is 10.1 Å². The van der Waals surface area contributed by atoms with E-state index in [2.05, 4.69) is 22.4 Å². The molecule has 3 aliphatic heterocycles.